The highest BCUT2D eigenvalue weighted by molar-refractivity contribution is 4.75. The molecule has 1 aliphatic heterocycles. The summed E-state index contributed by atoms with van der Waals surface area (Å²) < 4.78 is 36.0. The Kier molecular flexibility index (Phi) is 3.78. The van der Waals surface area contributed by atoms with Crippen molar-refractivity contribution < 1.29 is 18.3 Å². The fourth-order valence-corrected chi connectivity index (χ4v) is 1.59. The van der Waals surface area contributed by atoms with Crippen molar-refractivity contribution in [2.24, 2.45) is 5.92 Å². The Morgan fingerprint density at radius 1 is 1.36 bits per heavy atom. The number of piperidine rings is 1. The third kappa shape index (κ3) is 3.46. The second-order valence-corrected chi connectivity index (χ2v) is 4.04. The summed E-state index contributed by atoms with van der Waals surface area (Å²) in [6.07, 6.45) is -4.84. The normalized spacial score (nSPS) is 23.8. The summed E-state index contributed by atoms with van der Waals surface area (Å²) in [7, 11) is 0. The number of aliphatic hydroxyl groups excluding tert-OH is 1. The number of alkyl halides is 3. The van der Waals surface area contributed by atoms with Gasteiger partial charge >= 0.3 is 6.18 Å². The second kappa shape index (κ2) is 4.49. The fourth-order valence-electron chi connectivity index (χ4n) is 1.59. The summed E-state index contributed by atoms with van der Waals surface area (Å²) in [6, 6.07) is 0. The van der Waals surface area contributed by atoms with Crippen molar-refractivity contribution in [1.82, 2.24) is 4.90 Å². The summed E-state index contributed by atoms with van der Waals surface area (Å²) in [6.45, 7) is 3.14. The molecule has 1 N–H and O–H groups in total. The van der Waals surface area contributed by atoms with Gasteiger partial charge in [0.2, 0.25) is 0 Å². The van der Waals surface area contributed by atoms with Crippen LogP contribution < -0.4 is 0 Å². The van der Waals surface area contributed by atoms with Crippen molar-refractivity contribution in [3.8, 4) is 0 Å². The van der Waals surface area contributed by atoms with Gasteiger partial charge in [-0.1, -0.05) is 6.92 Å². The molecule has 0 aliphatic carbocycles. The van der Waals surface area contributed by atoms with Crippen LogP contribution >= 0.6 is 0 Å². The summed E-state index contributed by atoms with van der Waals surface area (Å²) in [5.41, 5.74) is 0. The van der Waals surface area contributed by atoms with Gasteiger partial charge in [-0.3, -0.25) is 0 Å². The SMILES string of the molecule is CC1CCN(C[C@@H](O)C(F)(F)F)CC1. The van der Waals surface area contributed by atoms with E-state index in [1.807, 2.05) is 0 Å². The van der Waals surface area contributed by atoms with Gasteiger partial charge in [0.1, 0.15) is 0 Å². The van der Waals surface area contributed by atoms with Gasteiger partial charge in [0.15, 0.2) is 6.10 Å². The van der Waals surface area contributed by atoms with Crippen LogP contribution in [0.4, 0.5) is 13.2 Å². The number of likely N-dealkylation sites (tertiary alicyclic amines) is 1. The van der Waals surface area contributed by atoms with Gasteiger partial charge in [0.05, 0.1) is 0 Å². The zero-order valence-corrected chi connectivity index (χ0v) is 8.22. The predicted molar refractivity (Wildman–Crippen MR) is 46.9 cm³/mol. The molecule has 5 heteroatoms. The second-order valence-electron chi connectivity index (χ2n) is 4.04. The first-order chi connectivity index (χ1) is 6.39. The van der Waals surface area contributed by atoms with E-state index in [0.717, 1.165) is 12.8 Å². The molecule has 0 aromatic rings. The van der Waals surface area contributed by atoms with E-state index >= 15 is 0 Å². The summed E-state index contributed by atoms with van der Waals surface area (Å²) >= 11 is 0. The molecule has 1 rings (SSSR count). The van der Waals surface area contributed by atoms with Gasteiger partial charge in [0.25, 0.3) is 0 Å². The van der Waals surface area contributed by atoms with Crippen molar-refractivity contribution in [1.29, 1.82) is 0 Å². The Bertz CT molecular complexity index is 175. The summed E-state index contributed by atoms with van der Waals surface area (Å²) in [5.74, 6) is 0.592. The van der Waals surface area contributed by atoms with E-state index in [4.69, 9.17) is 5.11 Å². The van der Waals surface area contributed by atoms with Crippen molar-refractivity contribution in [2.45, 2.75) is 32.0 Å². The highest BCUT2D eigenvalue weighted by Gasteiger charge is 2.39. The third-order valence-electron chi connectivity index (χ3n) is 2.69. The van der Waals surface area contributed by atoms with Gasteiger partial charge in [-0.05, 0) is 31.8 Å². The highest BCUT2D eigenvalue weighted by atomic mass is 19.4. The molecule has 0 radical (unpaired) electrons. The van der Waals surface area contributed by atoms with Gasteiger partial charge < -0.3 is 10.0 Å². The van der Waals surface area contributed by atoms with E-state index in [0.29, 0.717) is 19.0 Å². The first kappa shape index (κ1) is 11.8. The Hall–Kier alpha value is -0.290. The molecule has 1 saturated heterocycles. The lowest BCUT2D eigenvalue weighted by molar-refractivity contribution is -0.208. The number of hydrogen-bond donors (Lipinski definition) is 1. The van der Waals surface area contributed by atoms with E-state index in [1.165, 1.54) is 0 Å². The first-order valence-electron chi connectivity index (χ1n) is 4.86. The average Bonchev–Trinajstić information content (AvgIpc) is 2.07. The largest absolute Gasteiger partial charge is 0.415 e. The molecule has 0 amide bonds. The zero-order valence-electron chi connectivity index (χ0n) is 8.22. The molecule has 0 saturated carbocycles. The molecule has 1 fully saturated rings. The maximum Gasteiger partial charge on any atom is 0.415 e. The summed E-state index contributed by atoms with van der Waals surface area (Å²) in [5, 5.41) is 8.84. The molecular weight excluding hydrogens is 195 g/mol. The van der Waals surface area contributed by atoms with Crippen LogP contribution in [0.5, 0.6) is 0 Å². The number of β-amino-alcohol motifs (C(OH)–C–C–N with tert-alkyl or cyclic N) is 1. The van der Waals surface area contributed by atoms with Gasteiger partial charge in [-0.2, -0.15) is 13.2 Å². The van der Waals surface area contributed by atoms with Crippen LogP contribution in [0.3, 0.4) is 0 Å². The number of halogens is 3. The molecule has 0 bridgehead atoms. The molecule has 0 unspecified atom stereocenters. The van der Waals surface area contributed by atoms with Crippen LogP contribution in [0.1, 0.15) is 19.8 Å². The van der Waals surface area contributed by atoms with Crippen LogP contribution in [0.2, 0.25) is 0 Å². The van der Waals surface area contributed by atoms with Crippen molar-refractivity contribution in [3.63, 3.8) is 0 Å². The van der Waals surface area contributed by atoms with Crippen LogP contribution in [0, 0.1) is 5.92 Å². The van der Waals surface area contributed by atoms with Crippen LogP contribution in [0.15, 0.2) is 0 Å². The lowest BCUT2D eigenvalue weighted by Gasteiger charge is -2.31. The zero-order chi connectivity index (χ0) is 10.8. The van der Waals surface area contributed by atoms with E-state index in [-0.39, 0.29) is 6.54 Å². The molecule has 0 spiro atoms. The lowest BCUT2D eigenvalue weighted by Crippen LogP contribution is -2.43. The van der Waals surface area contributed by atoms with Gasteiger partial charge in [-0.25, -0.2) is 0 Å². The Morgan fingerprint density at radius 2 is 1.86 bits per heavy atom. The van der Waals surface area contributed by atoms with Crippen molar-refractivity contribution in [3.05, 3.63) is 0 Å². The Morgan fingerprint density at radius 3 is 2.29 bits per heavy atom. The minimum atomic E-state index is -4.48. The number of rotatable bonds is 2. The molecule has 14 heavy (non-hydrogen) atoms. The van der Waals surface area contributed by atoms with E-state index < -0.39 is 12.3 Å². The fraction of sp³-hybridized carbons (Fsp3) is 1.00. The Balaban J connectivity index is 2.31. The minimum Gasteiger partial charge on any atom is -0.382 e. The monoisotopic (exact) mass is 211 g/mol. The average molecular weight is 211 g/mol. The number of aliphatic hydroxyl groups is 1. The minimum absolute atomic E-state index is 0.282. The maximum absolute atomic E-state index is 12.0. The number of hydrogen-bond acceptors (Lipinski definition) is 2. The quantitative estimate of drug-likeness (QED) is 0.750. The molecule has 0 aromatic heterocycles. The smallest absolute Gasteiger partial charge is 0.382 e. The van der Waals surface area contributed by atoms with E-state index in [9.17, 15) is 13.2 Å². The molecule has 2 nitrogen and oxygen atoms in total. The van der Waals surface area contributed by atoms with Crippen LogP contribution in [-0.4, -0.2) is 41.9 Å². The molecule has 84 valence electrons. The van der Waals surface area contributed by atoms with E-state index in [2.05, 4.69) is 6.92 Å². The maximum atomic E-state index is 12.0. The van der Waals surface area contributed by atoms with Crippen molar-refractivity contribution >= 4 is 0 Å². The third-order valence-corrected chi connectivity index (χ3v) is 2.69. The molecule has 1 atom stereocenters. The molecule has 0 aromatic carbocycles. The van der Waals surface area contributed by atoms with Gasteiger partial charge in [0, 0.05) is 6.54 Å². The molecule has 1 heterocycles. The predicted octanol–water partition coefficient (Wildman–Crippen LogP) is 1.64. The topological polar surface area (TPSA) is 23.5 Å². The van der Waals surface area contributed by atoms with Crippen LogP contribution in [0.25, 0.3) is 0 Å². The molecule has 1 aliphatic rings. The van der Waals surface area contributed by atoms with Crippen LogP contribution in [-0.2, 0) is 0 Å². The first-order valence-corrected chi connectivity index (χ1v) is 4.86. The highest BCUT2D eigenvalue weighted by Crippen LogP contribution is 2.23. The number of nitrogens with zero attached hydrogens (tertiary/aromatic N) is 1. The lowest BCUT2D eigenvalue weighted by atomic mass is 9.99. The van der Waals surface area contributed by atoms with E-state index in [1.54, 1.807) is 4.90 Å². The standard InChI is InChI=1S/C9H16F3NO/c1-7-2-4-13(5-3-7)6-8(14)9(10,11)12/h7-8,14H,2-6H2,1H3/t8-/m1/s1. The van der Waals surface area contributed by atoms with Gasteiger partial charge in [-0.15, -0.1) is 0 Å². The van der Waals surface area contributed by atoms with Crippen molar-refractivity contribution in [2.75, 3.05) is 19.6 Å². The molecular formula is C9H16F3NO. The summed E-state index contributed by atoms with van der Waals surface area (Å²) in [4.78, 5) is 1.68. The Labute approximate surface area is 81.7 Å².